The minimum Gasteiger partial charge on any atom is -0.351 e. The number of halogens is 1. The van der Waals surface area contributed by atoms with Gasteiger partial charge in [0, 0.05) is 18.5 Å². The normalized spacial score (nSPS) is 19.5. The van der Waals surface area contributed by atoms with Crippen molar-refractivity contribution < 1.29 is 9.18 Å². The molecule has 1 saturated carbocycles. The van der Waals surface area contributed by atoms with Gasteiger partial charge in [0.15, 0.2) is 0 Å². The van der Waals surface area contributed by atoms with Crippen molar-refractivity contribution in [2.75, 3.05) is 6.54 Å². The second kappa shape index (κ2) is 9.62. The third-order valence-electron chi connectivity index (χ3n) is 5.08. The number of nitrogens with two attached hydrogens (primary N) is 1. The van der Waals surface area contributed by atoms with Crippen LogP contribution in [0.25, 0.3) is 0 Å². The summed E-state index contributed by atoms with van der Waals surface area (Å²) in [5.74, 6) is 0.209. The molecule has 1 fully saturated rings. The molecule has 0 aromatic heterocycles. The number of carbonyl (C=O) groups is 1. The second-order valence-corrected chi connectivity index (χ2v) is 7.26. The lowest BCUT2D eigenvalue weighted by Gasteiger charge is -2.12. The quantitative estimate of drug-likeness (QED) is 0.564. The summed E-state index contributed by atoms with van der Waals surface area (Å²) in [4.78, 5) is 12.0. The molecule has 2 unspecified atom stereocenters. The number of rotatable bonds is 10. The summed E-state index contributed by atoms with van der Waals surface area (Å²) >= 11 is 0. The molecule has 1 aliphatic rings. The van der Waals surface area contributed by atoms with Gasteiger partial charge in [0.1, 0.15) is 5.82 Å². The van der Waals surface area contributed by atoms with Crippen LogP contribution in [0.3, 0.4) is 0 Å². The first kappa shape index (κ1) is 19.5. The molecular formula is C22H28FN3O. The van der Waals surface area contributed by atoms with Crippen molar-refractivity contribution in [2.45, 2.75) is 50.2 Å². The molecule has 1 amide bonds. The van der Waals surface area contributed by atoms with Crippen LogP contribution >= 0.6 is 0 Å². The number of benzene rings is 2. The van der Waals surface area contributed by atoms with Gasteiger partial charge >= 0.3 is 0 Å². The van der Waals surface area contributed by atoms with Crippen molar-refractivity contribution in [1.82, 2.24) is 10.6 Å². The first-order valence-corrected chi connectivity index (χ1v) is 9.69. The molecule has 4 nitrogen and oxygen atoms in total. The Morgan fingerprint density at radius 2 is 1.85 bits per heavy atom. The van der Waals surface area contributed by atoms with E-state index in [0.717, 1.165) is 24.9 Å². The molecule has 0 saturated heterocycles. The third kappa shape index (κ3) is 6.15. The summed E-state index contributed by atoms with van der Waals surface area (Å²) < 4.78 is 12.9. The minimum atomic E-state index is -0.497. The van der Waals surface area contributed by atoms with Gasteiger partial charge in [-0.15, -0.1) is 0 Å². The molecular weight excluding hydrogens is 341 g/mol. The van der Waals surface area contributed by atoms with Crippen LogP contribution in [0, 0.1) is 5.82 Å². The van der Waals surface area contributed by atoms with Gasteiger partial charge in [-0.05, 0) is 49.1 Å². The summed E-state index contributed by atoms with van der Waals surface area (Å²) in [5, 5.41) is 6.40. The molecule has 4 N–H and O–H groups in total. The number of hydrogen-bond acceptors (Lipinski definition) is 3. The van der Waals surface area contributed by atoms with E-state index in [-0.39, 0.29) is 11.7 Å². The summed E-state index contributed by atoms with van der Waals surface area (Å²) in [5.41, 5.74) is 8.24. The molecule has 2 aromatic rings. The van der Waals surface area contributed by atoms with Crippen LogP contribution in [0.1, 0.15) is 42.7 Å². The molecule has 0 radical (unpaired) electrons. The van der Waals surface area contributed by atoms with Gasteiger partial charge in [-0.3, -0.25) is 4.79 Å². The first-order valence-electron chi connectivity index (χ1n) is 9.69. The highest BCUT2D eigenvalue weighted by Crippen LogP contribution is 2.40. The third-order valence-corrected chi connectivity index (χ3v) is 5.08. The number of nitrogens with one attached hydrogen (secondary N) is 2. The lowest BCUT2D eigenvalue weighted by Crippen LogP contribution is -2.40. The molecule has 5 heteroatoms. The zero-order valence-electron chi connectivity index (χ0n) is 15.5. The number of hydrogen-bond donors (Lipinski definition) is 3. The Morgan fingerprint density at radius 1 is 1.11 bits per heavy atom. The van der Waals surface area contributed by atoms with E-state index >= 15 is 0 Å². The van der Waals surface area contributed by atoms with Crippen molar-refractivity contribution >= 4 is 5.91 Å². The van der Waals surface area contributed by atoms with Gasteiger partial charge in [-0.1, -0.05) is 48.9 Å². The van der Waals surface area contributed by atoms with E-state index in [1.54, 1.807) is 12.1 Å². The fourth-order valence-electron chi connectivity index (χ4n) is 3.32. The molecule has 3 atom stereocenters. The van der Waals surface area contributed by atoms with E-state index in [1.165, 1.54) is 24.1 Å². The van der Waals surface area contributed by atoms with E-state index in [1.807, 2.05) is 6.07 Å². The standard InChI is InChI=1S/C22H28FN3O/c23-18-11-9-16(10-12-18)15-26-22(27)20(24)8-4-5-13-25-21-14-19(21)17-6-2-1-3-7-17/h1-3,6-7,9-12,19-21,25H,4-5,8,13-15,24H2,(H,26,27)/t19?,20-,21?/m0/s1. The number of amides is 1. The molecule has 0 heterocycles. The van der Waals surface area contributed by atoms with E-state index in [0.29, 0.717) is 24.9 Å². The van der Waals surface area contributed by atoms with Crippen LogP contribution in [-0.2, 0) is 11.3 Å². The minimum absolute atomic E-state index is 0.154. The highest BCUT2D eigenvalue weighted by Gasteiger charge is 2.37. The molecule has 144 valence electrons. The predicted molar refractivity (Wildman–Crippen MR) is 106 cm³/mol. The van der Waals surface area contributed by atoms with Gasteiger partial charge in [-0.2, -0.15) is 0 Å². The fourth-order valence-corrected chi connectivity index (χ4v) is 3.32. The van der Waals surface area contributed by atoms with Crippen LogP contribution in [-0.4, -0.2) is 24.5 Å². The van der Waals surface area contributed by atoms with Gasteiger partial charge in [0.25, 0.3) is 0 Å². The lowest BCUT2D eigenvalue weighted by atomic mass is 10.1. The van der Waals surface area contributed by atoms with Crippen molar-refractivity contribution in [1.29, 1.82) is 0 Å². The van der Waals surface area contributed by atoms with Crippen LogP contribution in [0.2, 0.25) is 0 Å². The summed E-state index contributed by atoms with van der Waals surface area (Å²) in [6, 6.07) is 16.8. The molecule has 0 spiro atoms. The maximum atomic E-state index is 12.9. The Hall–Kier alpha value is -2.24. The smallest absolute Gasteiger partial charge is 0.237 e. The van der Waals surface area contributed by atoms with Crippen LogP contribution in [0.5, 0.6) is 0 Å². The van der Waals surface area contributed by atoms with Crippen LogP contribution in [0.15, 0.2) is 54.6 Å². The molecule has 3 rings (SSSR count). The van der Waals surface area contributed by atoms with Crippen LogP contribution < -0.4 is 16.4 Å². The van der Waals surface area contributed by atoms with Gasteiger partial charge < -0.3 is 16.4 Å². The number of carbonyl (C=O) groups excluding carboxylic acids is 1. The Morgan fingerprint density at radius 3 is 2.59 bits per heavy atom. The van der Waals surface area contributed by atoms with E-state index in [4.69, 9.17) is 5.73 Å². The maximum Gasteiger partial charge on any atom is 0.237 e. The average molecular weight is 369 g/mol. The highest BCUT2D eigenvalue weighted by molar-refractivity contribution is 5.81. The molecule has 2 aromatic carbocycles. The van der Waals surface area contributed by atoms with E-state index in [9.17, 15) is 9.18 Å². The lowest BCUT2D eigenvalue weighted by molar-refractivity contribution is -0.122. The zero-order valence-corrected chi connectivity index (χ0v) is 15.5. The Balaban J connectivity index is 1.25. The van der Waals surface area contributed by atoms with Crippen molar-refractivity contribution in [3.8, 4) is 0 Å². The van der Waals surface area contributed by atoms with Crippen molar-refractivity contribution in [3.05, 3.63) is 71.5 Å². The Kier molecular flexibility index (Phi) is 6.96. The molecule has 27 heavy (non-hydrogen) atoms. The summed E-state index contributed by atoms with van der Waals surface area (Å²) in [7, 11) is 0. The maximum absolute atomic E-state index is 12.9. The van der Waals surface area contributed by atoms with Crippen LogP contribution in [0.4, 0.5) is 4.39 Å². The summed E-state index contributed by atoms with van der Waals surface area (Å²) in [6.45, 7) is 1.33. The van der Waals surface area contributed by atoms with E-state index < -0.39 is 6.04 Å². The highest BCUT2D eigenvalue weighted by atomic mass is 19.1. The first-order chi connectivity index (χ1) is 13.1. The topological polar surface area (TPSA) is 67.1 Å². The summed E-state index contributed by atoms with van der Waals surface area (Å²) in [6.07, 6.45) is 3.80. The van der Waals surface area contributed by atoms with Gasteiger partial charge in [-0.25, -0.2) is 4.39 Å². The SMILES string of the molecule is N[C@@H](CCCCNC1CC1c1ccccc1)C(=O)NCc1ccc(F)cc1. The monoisotopic (exact) mass is 369 g/mol. The molecule has 1 aliphatic carbocycles. The van der Waals surface area contributed by atoms with Gasteiger partial charge in [0.05, 0.1) is 6.04 Å². The largest absolute Gasteiger partial charge is 0.351 e. The van der Waals surface area contributed by atoms with Gasteiger partial charge in [0.2, 0.25) is 5.91 Å². The Labute approximate surface area is 160 Å². The zero-order chi connectivity index (χ0) is 19.1. The van der Waals surface area contributed by atoms with Crippen molar-refractivity contribution in [3.63, 3.8) is 0 Å². The molecule has 0 bridgehead atoms. The van der Waals surface area contributed by atoms with E-state index in [2.05, 4.69) is 34.9 Å². The van der Waals surface area contributed by atoms with Crippen molar-refractivity contribution in [2.24, 2.45) is 5.73 Å². The Bertz CT molecular complexity index is 720. The second-order valence-electron chi connectivity index (χ2n) is 7.26. The number of unbranched alkanes of at least 4 members (excludes halogenated alkanes) is 1. The predicted octanol–water partition coefficient (Wildman–Crippen LogP) is 3.09. The fraction of sp³-hybridized carbons (Fsp3) is 0.409. The average Bonchev–Trinajstić information content (AvgIpc) is 3.47. The molecule has 0 aliphatic heterocycles.